The Morgan fingerprint density at radius 1 is 1.33 bits per heavy atom. The van der Waals surface area contributed by atoms with Crippen LogP contribution in [0.5, 0.6) is 0 Å². The normalized spacial score (nSPS) is 25.0. The average molecular weight is 341 g/mol. The fraction of sp³-hybridized carbons (Fsp3) is 0.944. The summed E-state index contributed by atoms with van der Waals surface area (Å²) in [6.45, 7) is 11.3. The van der Waals surface area contributed by atoms with Crippen LogP contribution in [0.2, 0.25) is 0 Å². The number of hydrogen-bond acceptors (Lipinski definition) is 4. The van der Waals surface area contributed by atoms with Gasteiger partial charge in [-0.25, -0.2) is 0 Å². The Kier molecular flexibility index (Phi) is 8.84. The van der Waals surface area contributed by atoms with Crippen LogP contribution >= 0.6 is 0 Å². The van der Waals surface area contributed by atoms with Crippen molar-refractivity contribution in [1.82, 2.24) is 15.5 Å². The molecule has 2 fully saturated rings. The first-order chi connectivity index (χ1) is 11.7. The zero-order valence-corrected chi connectivity index (χ0v) is 15.7. The van der Waals surface area contributed by atoms with Gasteiger partial charge in [0, 0.05) is 26.2 Å². The molecule has 2 atom stereocenters. The van der Waals surface area contributed by atoms with Gasteiger partial charge in [0.05, 0.1) is 19.3 Å². The van der Waals surface area contributed by atoms with E-state index in [2.05, 4.69) is 34.4 Å². The molecule has 2 heterocycles. The first kappa shape index (κ1) is 19.5. The van der Waals surface area contributed by atoms with Gasteiger partial charge in [-0.1, -0.05) is 6.92 Å². The summed E-state index contributed by atoms with van der Waals surface area (Å²) in [5, 5.41) is 6.86. The van der Waals surface area contributed by atoms with Crippen molar-refractivity contribution in [2.75, 3.05) is 53.0 Å². The molecule has 0 saturated carbocycles. The minimum Gasteiger partial charge on any atom is -0.379 e. The van der Waals surface area contributed by atoms with Crippen LogP contribution in [0.25, 0.3) is 0 Å². The molecule has 0 radical (unpaired) electrons. The van der Waals surface area contributed by atoms with E-state index in [9.17, 15) is 0 Å². The van der Waals surface area contributed by atoms with E-state index in [-0.39, 0.29) is 12.1 Å². The molecule has 6 nitrogen and oxygen atoms in total. The number of guanidine groups is 1. The van der Waals surface area contributed by atoms with Gasteiger partial charge in [-0.2, -0.15) is 0 Å². The van der Waals surface area contributed by atoms with Crippen LogP contribution in [0.1, 0.15) is 39.5 Å². The Labute approximate surface area is 147 Å². The molecule has 24 heavy (non-hydrogen) atoms. The molecule has 140 valence electrons. The molecule has 0 spiro atoms. The second kappa shape index (κ2) is 10.9. The number of piperidine rings is 1. The highest BCUT2D eigenvalue weighted by atomic mass is 16.5. The van der Waals surface area contributed by atoms with Crippen molar-refractivity contribution in [3.63, 3.8) is 0 Å². The third kappa shape index (κ3) is 6.95. The van der Waals surface area contributed by atoms with Gasteiger partial charge in [-0.15, -0.1) is 0 Å². The van der Waals surface area contributed by atoms with E-state index in [4.69, 9.17) is 9.47 Å². The Morgan fingerprint density at radius 2 is 2.12 bits per heavy atom. The lowest BCUT2D eigenvalue weighted by Crippen LogP contribution is -2.45. The number of likely N-dealkylation sites (tertiary alicyclic amines) is 1. The summed E-state index contributed by atoms with van der Waals surface area (Å²) in [7, 11) is 1.83. The summed E-state index contributed by atoms with van der Waals surface area (Å²) in [4.78, 5) is 6.86. The van der Waals surface area contributed by atoms with Crippen LogP contribution in [0.3, 0.4) is 0 Å². The van der Waals surface area contributed by atoms with Crippen molar-refractivity contribution in [3.8, 4) is 0 Å². The molecule has 6 heteroatoms. The van der Waals surface area contributed by atoms with Gasteiger partial charge >= 0.3 is 0 Å². The number of ether oxygens (including phenoxy) is 2. The molecule has 0 aromatic heterocycles. The lowest BCUT2D eigenvalue weighted by atomic mass is 9.93. The second-order valence-electron chi connectivity index (χ2n) is 7.03. The standard InChI is InChI=1S/C18H36N4O2/c1-4-22-10-6-16(7-11-22)5-9-20-18(19-3)21-15(2)13-24-17-8-12-23-14-17/h15-17H,4-14H2,1-3H3,(H2,19,20,21). The van der Waals surface area contributed by atoms with E-state index >= 15 is 0 Å². The number of hydrogen-bond donors (Lipinski definition) is 2. The van der Waals surface area contributed by atoms with Crippen LogP contribution in [0, 0.1) is 5.92 Å². The molecule has 0 bridgehead atoms. The van der Waals surface area contributed by atoms with Gasteiger partial charge < -0.3 is 25.0 Å². The zero-order valence-electron chi connectivity index (χ0n) is 15.7. The quantitative estimate of drug-likeness (QED) is 0.518. The number of aliphatic imine (C=N–C) groups is 1. The largest absolute Gasteiger partial charge is 0.379 e. The lowest BCUT2D eigenvalue weighted by molar-refractivity contribution is 0.0347. The Balaban J connectivity index is 1.56. The van der Waals surface area contributed by atoms with Gasteiger partial charge in [0.1, 0.15) is 0 Å². The summed E-state index contributed by atoms with van der Waals surface area (Å²) in [6.07, 6.45) is 5.15. The maximum absolute atomic E-state index is 5.86. The fourth-order valence-corrected chi connectivity index (χ4v) is 3.38. The van der Waals surface area contributed by atoms with Crippen molar-refractivity contribution in [2.24, 2.45) is 10.9 Å². The van der Waals surface area contributed by atoms with E-state index in [0.29, 0.717) is 6.61 Å². The molecule has 2 aliphatic rings. The van der Waals surface area contributed by atoms with Gasteiger partial charge in [0.25, 0.3) is 0 Å². The average Bonchev–Trinajstić information content (AvgIpc) is 3.13. The first-order valence-electron chi connectivity index (χ1n) is 9.60. The molecule has 0 aliphatic carbocycles. The monoisotopic (exact) mass is 340 g/mol. The predicted molar refractivity (Wildman–Crippen MR) is 98.6 cm³/mol. The van der Waals surface area contributed by atoms with Crippen molar-refractivity contribution in [1.29, 1.82) is 0 Å². The number of nitrogens with zero attached hydrogens (tertiary/aromatic N) is 2. The van der Waals surface area contributed by atoms with Crippen LogP contribution < -0.4 is 10.6 Å². The third-order valence-electron chi connectivity index (χ3n) is 5.08. The molecule has 2 N–H and O–H groups in total. The van der Waals surface area contributed by atoms with Crippen molar-refractivity contribution in [3.05, 3.63) is 0 Å². The highest BCUT2D eigenvalue weighted by Gasteiger charge is 2.19. The zero-order chi connectivity index (χ0) is 17.2. The number of rotatable bonds is 8. The second-order valence-corrected chi connectivity index (χ2v) is 7.03. The molecule has 0 aromatic carbocycles. The molecule has 2 aliphatic heterocycles. The van der Waals surface area contributed by atoms with Crippen LogP contribution in [0.15, 0.2) is 4.99 Å². The summed E-state index contributed by atoms with van der Waals surface area (Å²) in [5.74, 6) is 1.72. The van der Waals surface area contributed by atoms with E-state index < -0.39 is 0 Å². The Bertz CT molecular complexity index is 364. The summed E-state index contributed by atoms with van der Waals surface area (Å²) >= 11 is 0. The smallest absolute Gasteiger partial charge is 0.191 e. The molecule has 0 aromatic rings. The fourth-order valence-electron chi connectivity index (χ4n) is 3.38. The summed E-state index contributed by atoms with van der Waals surface area (Å²) in [6, 6.07) is 0.240. The SMILES string of the molecule is CCN1CCC(CCNC(=NC)NC(C)COC2CCOC2)CC1. The highest BCUT2D eigenvalue weighted by molar-refractivity contribution is 5.79. The molecule has 2 rings (SSSR count). The maximum Gasteiger partial charge on any atom is 0.191 e. The number of nitrogens with one attached hydrogen (secondary N) is 2. The predicted octanol–water partition coefficient (Wildman–Crippen LogP) is 1.47. The maximum atomic E-state index is 5.86. The lowest BCUT2D eigenvalue weighted by Gasteiger charge is -2.31. The van der Waals surface area contributed by atoms with Crippen LogP contribution in [-0.4, -0.2) is 76.1 Å². The van der Waals surface area contributed by atoms with E-state index in [1.54, 1.807) is 0 Å². The highest BCUT2D eigenvalue weighted by Crippen LogP contribution is 2.19. The van der Waals surface area contributed by atoms with Crippen LogP contribution in [0.4, 0.5) is 0 Å². The van der Waals surface area contributed by atoms with Crippen LogP contribution in [-0.2, 0) is 9.47 Å². The first-order valence-corrected chi connectivity index (χ1v) is 9.60. The molecule has 0 amide bonds. The van der Waals surface area contributed by atoms with E-state index in [1.807, 2.05) is 7.05 Å². The molecule has 2 saturated heterocycles. The van der Waals surface area contributed by atoms with E-state index in [0.717, 1.165) is 38.1 Å². The van der Waals surface area contributed by atoms with Crippen molar-refractivity contribution >= 4 is 5.96 Å². The topological polar surface area (TPSA) is 58.1 Å². The van der Waals surface area contributed by atoms with Crippen molar-refractivity contribution < 1.29 is 9.47 Å². The third-order valence-corrected chi connectivity index (χ3v) is 5.08. The minimum absolute atomic E-state index is 0.240. The molecular formula is C18H36N4O2. The summed E-state index contributed by atoms with van der Waals surface area (Å²) in [5.41, 5.74) is 0. The van der Waals surface area contributed by atoms with E-state index in [1.165, 1.54) is 38.9 Å². The molecule has 2 unspecified atom stereocenters. The van der Waals surface area contributed by atoms with Gasteiger partial charge in [0.2, 0.25) is 0 Å². The summed E-state index contributed by atoms with van der Waals surface area (Å²) < 4.78 is 11.2. The Morgan fingerprint density at radius 3 is 2.75 bits per heavy atom. The van der Waals surface area contributed by atoms with Crippen molar-refractivity contribution in [2.45, 2.75) is 51.7 Å². The minimum atomic E-state index is 0.240. The molecular weight excluding hydrogens is 304 g/mol. The van der Waals surface area contributed by atoms with Gasteiger partial charge in [-0.3, -0.25) is 4.99 Å². The Hall–Kier alpha value is -0.850. The van der Waals surface area contributed by atoms with Gasteiger partial charge in [-0.05, 0) is 58.2 Å². The van der Waals surface area contributed by atoms with Gasteiger partial charge in [0.15, 0.2) is 5.96 Å².